The molecule has 26 valence electrons. The van der Waals surface area contributed by atoms with Gasteiger partial charge in [-0.25, -0.2) is 0 Å². The molecular formula is C3H9N. The highest BCUT2D eigenvalue weighted by Crippen LogP contribution is 1.57. The van der Waals surface area contributed by atoms with E-state index in [1.54, 1.807) is 0 Å². The maximum Gasteiger partial charge on any atom is 0.0277 e. The molecule has 1 heteroatoms. The van der Waals surface area contributed by atoms with E-state index in [2.05, 4.69) is 0 Å². The molecule has 0 amide bonds. The predicted molar refractivity (Wildman–Crippen MR) is 19.3 cm³/mol. The third-order valence-electron chi connectivity index (χ3n) is 0.204. The van der Waals surface area contributed by atoms with Crippen molar-refractivity contribution in [1.29, 1.82) is 0 Å². The van der Waals surface area contributed by atoms with Crippen LogP contribution in [0.15, 0.2) is 0 Å². The summed E-state index contributed by atoms with van der Waals surface area (Å²) in [6.07, 6.45) is -1.18. The molecule has 2 N–H and O–H groups in total. The highest BCUT2D eigenvalue weighted by atomic mass is 14.5. The Hall–Kier alpha value is -0.0400. The minimum absolute atomic E-state index is 0.104. The molecule has 0 saturated heterocycles. The molecule has 0 aromatic heterocycles. The van der Waals surface area contributed by atoms with Gasteiger partial charge in [0.25, 0.3) is 0 Å². The first-order chi connectivity index (χ1) is 2.56. The summed E-state index contributed by atoms with van der Waals surface area (Å²) in [6.45, 7) is 1.56. The smallest absolute Gasteiger partial charge is 0.0277 e. The van der Waals surface area contributed by atoms with Gasteiger partial charge in [-0.05, 0) is 12.9 Å². The molecule has 0 aromatic carbocycles. The monoisotopic (exact) mass is 61.1 g/mol. The summed E-state index contributed by atoms with van der Waals surface area (Å²) >= 11 is 0. The molecule has 0 aliphatic carbocycles. The second-order valence-corrected chi connectivity index (χ2v) is 0.558. The second-order valence-electron chi connectivity index (χ2n) is 0.558. The van der Waals surface area contributed by atoms with E-state index in [1.807, 2.05) is 0 Å². The van der Waals surface area contributed by atoms with Crippen LogP contribution in [0.4, 0.5) is 0 Å². The molecule has 0 unspecified atom stereocenters. The summed E-state index contributed by atoms with van der Waals surface area (Å²) in [4.78, 5) is 0. The lowest BCUT2D eigenvalue weighted by atomic mass is 10.5. The van der Waals surface area contributed by atoms with Crippen LogP contribution in [0.25, 0.3) is 0 Å². The maximum absolute atomic E-state index is 6.72. The molecule has 0 heterocycles. The molecule has 0 aliphatic rings. The van der Waals surface area contributed by atoms with Gasteiger partial charge in [0.1, 0.15) is 0 Å². The Balaban J connectivity index is 3.17. The quantitative estimate of drug-likeness (QED) is 0.465. The maximum atomic E-state index is 6.72. The van der Waals surface area contributed by atoms with Crippen LogP contribution in [0, 0.1) is 0 Å². The van der Waals surface area contributed by atoms with E-state index in [-0.39, 0.29) is 6.54 Å². The third-order valence-corrected chi connectivity index (χ3v) is 0.204. The molecule has 0 atom stereocenters. The minimum Gasteiger partial charge on any atom is -0.330 e. The van der Waals surface area contributed by atoms with Crippen LogP contribution in [0.3, 0.4) is 0 Å². The highest BCUT2D eigenvalue weighted by Gasteiger charge is 1.55. The summed E-state index contributed by atoms with van der Waals surface area (Å²) in [6, 6.07) is 0. The van der Waals surface area contributed by atoms with Crippen molar-refractivity contribution in [2.24, 2.45) is 5.73 Å². The van der Waals surface area contributed by atoms with E-state index in [1.165, 1.54) is 6.92 Å². The lowest BCUT2D eigenvalue weighted by Gasteiger charge is -1.70. The summed E-state index contributed by atoms with van der Waals surface area (Å²) in [5.74, 6) is 0. The predicted octanol–water partition coefficient (Wildman–Crippen LogP) is 0.355. The topological polar surface area (TPSA) is 26.0 Å². The molecular weight excluding hydrogens is 50.0 g/mol. The Kier molecular flexibility index (Phi) is 1.04. The SMILES string of the molecule is [2H]C([2H])(C)CN. The molecule has 0 aliphatic heterocycles. The minimum atomic E-state index is -1.18. The van der Waals surface area contributed by atoms with Crippen LogP contribution in [-0.4, -0.2) is 6.54 Å². The van der Waals surface area contributed by atoms with Gasteiger partial charge in [0, 0.05) is 2.74 Å². The van der Waals surface area contributed by atoms with E-state index in [4.69, 9.17) is 8.48 Å². The van der Waals surface area contributed by atoms with E-state index < -0.39 is 6.37 Å². The van der Waals surface area contributed by atoms with E-state index >= 15 is 0 Å². The van der Waals surface area contributed by atoms with Crippen molar-refractivity contribution < 1.29 is 2.74 Å². The summed E-state index contributed by atoms with van der Waals surface area (Å²) in [5.41, 5.74) is 4.93. The van der Waals surface area contributed by atoms with Gasteiger partial charge in [-0.3, -0.25) is 0 Å². The summed E-state index contributed by atoms with van der Waals surface area (Å²) in [7, 11) is 0. The van der Waals surface area contributed by atoms with E-state index in [9.17, 15) is 0 Å². The molecule has 1 nitrogen and oxygen atoms in total. The zero-order valence-electron chi connectivity index (χ0n) is 4.78. The van der Waals surface area contributed by atoms with Gasteiger partial charge in [-0.1, -0.05) is 6.92 Å². The molecule has 0 fully saturated rings. The Morgan fingerprint density at radius 2 is 2.50 bits per heavy atom. The van der Waals surface area contributed by atoms with Gasteiger partial charge in [0.15, 0.2) is 0 Å². The van der Waals surface area contributed by atoms with Crippen LogP contribution >= 0.6 is 0 Å². The summed E-state index contributed by atoms with van der Waals surface area (Å²) < 4.78 is 13.4. The Morgan fingerprint density at radius 3 is 2.50 bits per heavy atom. The average Bonchev–Trinajstić information content (AvgIpc) is 1.35. The van der Waals surface area contributed by atoms with Crippen LogP contribution in [0.1, 0.15) is 16.0 Å². The first-order valence-electron chi connectivity index (χ1n) is 2.26. The number of rotatable bonds is 1. The first-order valence-corrected chi connectivity index (χ1v) is 1.26. The van der Waals surface area contributed by atoms with Crippen molar-refractivity contribution >= 4 is 0 Å². The molecule has 0 saturated carbocycles. The zero-order valence-corrected chi connectivity index (χ0v) is 2.78. The lowest BCUT2D eigenvalue weighted by molar-refractivity contribution is 0.932. The molecule has 4 heavy (non-hydrogen) atoms. The fraction of sp³-hybridized carbons (Fsp3) is 1.00. The van der Waals surface area contributed by atoms with Crippen molar-refractivity contribution in [3.8, 4) is 0 Å². The fourth-order valence-corrected chi connectivity index (χ4v) is 0. The van der Waals surface area contributed by atoms with Crippen LogP contribution in [0.2, 0.25) is 0 Å². The van der Waals surface area contributed by atoms with Crippen LogP contribution in [0.5, 0.6) is 0 Å². The lowest BCUT2D eigenvalue weighted by Crippen LogP contribution is -1.93. The second kappa shape index (κ2) is 2.96. The Labute approximate surface area is 29.6 Å². The van der Waals surface area contributed by atoms with Gasteiger partial charge in [0.2, 0.25) is 0 Å². The standard InChI is InChI=1S/C3H9N/c1-2-3-4/h2-4H2,1H3/i2D2. The first kappa shape index (κ1) is 1.41. The Bertz CT molecular complexity index is 38.5. The van der Waals surface area contributed by atoms with Crippen molar-refractivity contribution in [2.75, 3.05) is 6.54 Å². The highest BCUT2D eigenvalue weighted by molar-refractivity contribution is 4.19. The van der Waals surface area contributed by atoms with Crippen molar-refractivity contribution in [3.05, 3.63) is 0 Å². The Morgan fingerprint density at radius 1 is 2.25 bits per heavy atom. The third kappa shape index (κ3) is 1.96. The summed E-state index contributed by atoms with van der Waals surface area (Å²) in [5, 5.41) is 0. The largest absolute Gasteiger partial charge is 0.330 e. The van der Waals surface area contributed by atoms with Crippen molar-refractivity contribution in [1.82, 2.24) is 0 Å². The molecule has 0 aromatic rings. The van der Waals surface area contributed by atoms with Gasteiger partial charge in [-0.15, -0.1) is 0 Å². The van der Waals surface area contributed by atoms with E-state index in [0.29, 0.717) is 0 Å². The zero-order chi connectivity index (χ0) is 5.21. The van der Waals surface area contributed by atoms with Crippen LogP contribution < -0.4 is 5.73 Å². The average molecular weight is 61.1 g/mol. The number of nitrogens with two attached hydrogens (primary N) is 1. The van der Waals surface area contributed by atoms with Gasteiger partial charge >= 0.3 is 0 Å². The van der Waals surface area contributed by atoms with Gasteiger partial charge in [0.05, 0.1) is 0 Å². The van der Waals surface area contributed by atoms with Gasteiger partial charge < -0.3 is 5.73 Å². The van der Waals surface area contributed by atoms with Crippen molar-refractivity contribution in [3.63, 3.8) is 0 Å². The number of hydrogen-bond acceptors (Lipinski definition) is 1. The van der Waals surface area contributed by atoms with Crippen LogP contribution in [-0.2, 0) is 0 Å². The molecule has 0 spiro atoms. The van der Waals surface area contributed by atoms with E-state index in [0.717, 1.165) is 0 Å². The number of hydrogen-bond donors (Lipinski definition) is 1. The normalized spacial score (nSPS) is 18.5. The fourth-order valence-electron chi connectivity index (χ4n) is 0. The molecule has 0 bridgehead atoms. The van der Waals surface area contributed by atoms with Gasteiger partial charge in [-0.2, -0.15) is 0 Å². The molecule has 0 radical (unpaired) electrons. The van der Waals surface area contributed by atoms with Crippen molar-refractivity contribution in [2.45, 2.75) is 13.3 Å². The molecule has 0 rings (SSSR count).